The van der Waals surface area contributed by atoms with E-state index < -0.39 is 0 Å². The van der Waals surface area contributed by atoms with Crippen LogP contribution < -0.4 is 0 Å². The monoisotopic (exact) mass is 245 g/mol. The van der Waals surface area contributed by atoms with Gasteiger partial charge < -0.3 is 4.57 Å². The van der Waals surface area contributed by atoms with Gasteiger partial charge in [-0.25, -0.2) is 4.98 Å². The van der Waals surface area contributed by atoms with E-state index in [-0.39, 0.29) is 0 Å². The molecule has 1 fully saturated rings. The molecule has 5 nitrogen and oxygen atoms in total. The number of hydrogen-bond acceptors (Lipinski definition) is 3. The predicted octanol–water partition coefficient (Wildman–Crippen LogP) is 1.49. The molecule has 0 unspecified atom stereocenters. The standard InChI is InChI=1S/C13H19N5/c1-16-7-5-14-13(16)10-18-6-3-4-12(18)11-8-15-17(2)9-11/h5,7-9,12H,3-4,6,10H2,1-2H3/t12-/m1/s1. The molecule has 1 atom stereocenters. The first-order chi connectivity index (χ1) is 8.74. The van der Waals surface area contributed by atoms with Crippen molar-refractivity contribution in [2.45, 2.75) is 25.4 Å². The Morgan fingerprint density at radius 2 is 2.28 bits per heavy atom. The van der Waals surface area contributed by atoms with Crippen molar-refractivity contribution in [3.63, 3.8) is 0 Å². The van der Waals surface area contributed by atoms with E-state index in [0.29, 0.717) is 6.04 Å². The Kier molecular flexibility index (Phi) is 2.91. The van der Waals surface area contributed by atoms with Crippen LogP contribution in [0.1, 0.15) is 30.3 Å². The van der Waals surface area contributed by atoms with E-state index in [2.05, 4.69) is 32.8 Å². The van der Waals surface area contributed by atoms with Crippen molar-refractivity contribution in [3.05, 3.63) is 36.2 Å². The molecule has 0 bridgehead atoms. The van der Waals surface area contributed by atoms with Crippen LogP contribution in [0.5, 0.6) is 0 Å². The quantitative estimate of drug-likeness (QED) is 0.822. The van der Waals surface area contributed by atoms with Gasteiger partial charge in [0.2, 0.25) is 0 Å². The average Bonchev–Trinajstić information content (AvgIpc) is 3.03. The summed E-state index contributed by atoms with van der Waals surface area (Å²) in [4.78, 5) is 6.91. The minimum absolute atomic E-state index is 0.496. The topological polar surface area (TPSA) is 38.9 Å². The molecule has 1 aliphatic heterocycles. The van der Waals surface area contributed by atoms with Gasteiger partial charge in [-0.05, 0) is 19.4 Å². The molecule has 0 spiro atoms. The summed E-state index contributed by atoms with van der Waals surface area (Å²) in [7, 11) is 4.03. The van der Waals surface area contributed by atoms with Gasteiger partial charge in [-0.1, -0.05) is 0 Å². The van der Waals surface area contributed by atoms with E-state index in [9.17, 15) is 0 Å². The van der Waals surface area contributed by atoms with Gasteiger partial charge in [0.15, 0.2) is 0 Å². The average molecular weight is 245 g/mol. The van der Waals surface area contributed by atoms with Crippen molar-refractivity contribution in [1.29, 1.82) is 0 Å². The molecule has 5 heteroatoms. The molecule has 0 saturated carbocycles. The lowest BCUT2D eigenvalue weighted by Gasteiger charge is -2.23. The van der Waals surface area contributed by atoms with Gasteiger partial charge in [0, 0.05) is 44.3 Å². The van der Waals surface area contributed by atoms with Crippen LogP contribution in [0.3, 0.4) is 0 Å². The number of nitrogens with zero attached hydrogens (tertiary/aromatic N) is 5. The van der Waals surface area contributed by atoms with Crippen LogP contribution in [0.2, 0.25) is 0 Å². The Bertz CT molecular complexity index is 527. The maximum absolute atomic E-state index is 4.41. The largest absolute Gasteiger partial charge is 0.337 e. The van der Waals surface area contributed by atoms with E-state index in [0.717, 1.165) is 18.9 Å². The zero-order valence-electron chi connectivity index (χ0n) is 11.0. The van der Waals surface area contributed by atoms with Crippen LogP contribution in [0.4, 0.5) is 0 Å². The fourth-order valence-corrected chi connectivity index (χ4v) is 2.74. The molecule has 0 aromatic carbocycles. The second kappa shape index (κ2) is 4.57. The lowest BCUT2D eigenvalue weighted by Crippen LogP contribution is -2.24. The Balaban J connectivity index is 1.77. The number of imidazole rings is 1. The minimum atomic E-state index is 0.496. The van der Waals surface area contributed by atoms with Crippen molar-refractivity contribution in [3.8, 4) is 0 Å². The lowest BCUT2D eigenvalue weighted by atomic mass is 10.1. The van der Waals surface area contributed by atoms with E-state index >= 15 is 0 Å². The fraction of sp³-hybridized carbons (Fsp3) is 0.538. The maximum Gasteiger partial charge on any atom is 0.122 e. The minimum Gasteiger partial charge on any atom is -0.337 e. The first kappa shape index (κ1) is 11.5. The highest BCUT2D eigenvalue weighted by Gasteiger charge is 2.27. The smallest absolute Gasteiger partial charge is 0.122 e. The molecule has 1 saturated heterocycles. The van der Waals surface area contributed by atoms with Crippen LogP contribution in [-0.4, -0.2) is 30.8 Å². The SMILES string of the molecule is Cn1cc([C@H]2CCCN2Cc2nccn2C)cn1. The van der Waals surface area contributed by atoms with E-state index in [1.165, 1.54) is 18.4 Å². The number of aryl methyl sites for hydroxylation is 2. The van der Waals surface area contributed by atoms with Crippen LogP contribution in [-0.2, 0) is 20.6 Å². The van der Waals surface area contributed by atoms with Crippen molar-refractivity contribution >= 4 is 0 Å². The summed E-state index contributed by atoms with van der Waals surface area (Å²) in [5, 5.41) is 4.28. The second-order valence-electron chi connectivity index (χ2n) is 5.03. The zero-order valence-corrected chi connectivity index (χ0v) is 11.0. The highest BCUT2D eigenvalue weighted by atomic mass is 15.3. The van der Waals surface area contributed by atoms with Crippen LogP contribution in [0.25, 0.3) is 0 Å². The van der Waals surface area contributed by atoms with Gasteiger partial charge in [0.05, 0.1) is 12.7 Å². The fourth-order valence-electron chi connectivity index (χ4n) is 2.74. The molecule has 2 aromatic rings. The molecular weight excluding hydrogens is 226 g/mol. The molecule has 18 heavy (non-hydrogen) atoms. The van der Waals surface area contributed by atoms with E-state index in [1.807, 2.05) is 30.3 Å². The molecule has 2 aromatic heterocycles. The third kappa shape index (κ3) is 2.06. The summed E-state index contributed by atoms with van der Waals surface area (Å²) in [5.41, 5.74) is 1.32. The number of aromatic nitrogens is 4. The number of rotatable bonds is 3. The molecule has 0 radical (unpaired) electrons. The normalized spacial score (nSPS) is 20.7. The van der Waals surface area contributed by atoms with Crippen LogP contribution >= 0.6 is 0 Å². The molecule has 96 valence electrons. The first-order valence-electron chi connectivity index (χ1n) is 6.43. The molecule has 0 aliphatic carbocycles. The van der Waals surface area contributed by atoms with Gasteiger partial charge in [0.25, 0.3) is 0 Å². The Hall–Kier alpha value is -1.62. The Morgan fingerprint density at radius 3 is 2.94 bits per heavy atom. The molecule has 0 N–H and O–H groups in total. The summed E-state index contributed by atoms with van der Waals surface area (Å²) in [5.74, 6) is 1.13. The van der Waals surface area contributed by atoms with Crippen molar-refractivity contribution in [2.75, 3.05) is 6.54 Å². The first-order valence-corrected chi connectivity index (χ1v) is 6.43. The molecule has 3 heterocycles. The molecule has 0 amide bonds. The molecular formula is C13H19N5. The zero-order chi connectivity index (χ0) is 12.5. The number of hydrogen-bond donors (Lipinski definition) is 0. The van der Waals surface area contributed by atoms with Gasteiger partial charge in [-0.2, -0.15) is 5.10 Å². The van der Waals surface area contributed by atoms with Crippen molar-refractivity contribution in [2.24, 2.45) is 14.1 Å². The van der Waals surface area contributed by atoms with Crippen LogP contribution in [0.15, 0.2) is 24.8 Å². The molecule has 3 rings (SSSR count). The van der Waals surface area contributed by atoms with Crippen molar-refractivity contribution < 1.29 is 0 Å². The summed E-state index contributed by atoms with van der Waals surface area (Å²) >= 11 is 0. The van der Waals surface area contributed by atoms with Gasteiger partial charge in [-0.3, -0.25) is 9.58 Å². The second-order valence-corrected chi connectivity index (χ2v) is 5.03. The highest BCUT2D eigenvalue weighted by molar-refractivity contribution is 5.12. The van der Waals surface area contributed by atoms with Crippen LogP contribution in [0, 0.1) is 0 Å². The summed E-state index contributed by atoms with van der Waals surface area (Å²) < 4.78 is 3.98. The lowest BCUT2D eigenvalue weighted by molar-refractivity contribution is 0.240. The summed E-state index contributed by atoms with van der Waals surface area (Å²) in [6, 6.07) is 0.496. The van der Waals surface area contributed by atoms with Gasteiger partial charge in [-0.15, -0.1) is 0 Å². The maximum atomic E-state index is 4.41. The van der Waals surface area contributed by atoms with Crippen molar-refractivity contribution in [1.82, 2.24) is 24.2 Å². The van der Waals surface area contributed by atoms with E-state index in [1.54, 1.807) is 0 Å². The molecule has 1 aliphatic rings. The highest BCUT2D eigenvalue weighted by Crippen LogP contribution is 2.32. The predicted molar refractivity (Wildman–Crippen MR) is 68.8 cm³/mol. The van der Waals surface area contributed by atoms with Gasteiger partial charge in [0.1, 0.15) is 5.82 Å². The third-order valence-corrected chi connectivity index (χ3v) is 3.74. The van der Waals surface area contributed by atoms with E-state index in [4.69, 9.17) is 0 Å². The Morgan fingerprint density at radius 1 is 1.39 bits per heavy atom. The summed E-state index contributed by atoms with van der Waals surface area (Å²) in [6.45, 7) is 2.06. The number of likely N-dealkylation sites (tertiary alicyclic amines) is 1. The third-order valence-electron chi connectivity index (χ3n) is 3.74. The summed E-state index contributed by atoms with van der Waals surface area (Å²) in [6.07, 6.45) is 10.5. The Labute approximate surface area is 107 Å². The van der Waals surface area contributed by atoms with Gasteiger partial charge >= 0.3 is 0 Å².